The van der Waals surface area contributed by atoms with Crippen molar-refractivity contribution in [3.05, 3.63) is 22.4 Å². The second kappa shape index (κ2) is 6.03. The van der Waals surface area contributed by atoms with Crippen molar-refractivity contribution in [1.29, 1.82) is 10.5 Å². The zero-order valence-corrected chi connectivity index (χ0v) is 6.58. The van der Waals surface area contributed by atoms with Gasteiger partial charge in [-0.3, -0.25) is 0 Å². The summed E-state index contributed by atoms with van der Waals surface area (Å²) in [6, 6.07) is 5.69. The summed E-state index contributed by atoms with van der Waals surface area (Å²) in [5.41, 5.74) is 0. The minimum atomic E-state index is 0.778. The fraction of sp³-hybridized carbons (Fsp3) is 0. The molecule has 0 aliphatic heterocycles. The molecule has 50 valence electrons. The van der Waals surface area contributed by atoms with Crippen LogP contribution in [0.2, 0.25) is 0 Å². The maximum absolute atomic E-state index is 8.19. The van der Waals surface area contributed by atoms with Crippen molar-refractivity contribution in [1.82, 2.24) is 0 Å². The lowest BCUT2D eigenvalue weighted by atomic mass is 10.5. The van der Waals surface area contributed by atoms with Crippen molar-refractivity contribution >= 4 is 24.0 Å². The Morgan fingerprint density at radius 3 is 2.30 bits per heavy atom. The summed E-state index contributed by atoms with van der Waals surface area (Å²) in [7, 11) is 0. The molecule has 0 aliphatic rings. The van der Waals surface area contributed by atoms with E-state index in [1.807, 2.05) is 17.5 Å². The summed E-state index contributed by atoms with van der Waals surface area (Å²) >= 11 is 5.16. The van der Waals surface area contributed by atoms with Crippen LogP contribution in [0.25, 0.3) is 0 Å². The van der Waals surface area contributed by atoms with Crippen molar-refractivity contribution < 1.29 is 0 Å². The van der Waals surface area contributed by atoms with Gasteiger partial charge in [0, 0.05) is 0 Å². The number of hydrogen-bond acceptors (Lipinski definition) is 4. The first-order valence-corrected chi connectivity index (χ1v) is 3.58. The third-order valence-electron chi connectivity index (χ3n) is 0.631. The Balaban J connectivity index is 0.000000236. The van der Waals surface area contributed by atoms with Gasteiger partial charge in [0.1, 0.15) is 10.9 Å². The van der Waals surface area contributed by atoms with Gasteiger partial charge in [0.25, 0.3) is 0 Å². The molecule has 0 bridgehead atoms. The van der Waals surface area contributed by atoms with Crippen LogP contribution in [0.1, 0.15) is 4.88 Å². The van der Waals surface area contributed by atoms with Crippen LogP contribution in [0, 0.1) is 22.0 Å². The molecule has 0 saturated carbocycles. The zero-order valence-electron chi connectivity index (χ0n) is 4.94. The number of nitriles is 2. The molecule has 0 amide bonds. The number of thiophene rings is 1. The van der Waals surface area contributed by atoms with E-state index in [-0.39, 0.29) is 0 Å². The molecule has 0 N–H and O–H groups in total. The number of nitrogens with zero attached hydrogens (tertiary/aromatic N) is 2. The lowest BCUT2D eigenvalue weighted by molar-refractivity contribution is 1.52. The van der Waals surface area contributed by atoms with Crippen molar-refractivity contribution in [3.8, 4) is 11.5 Å². The fourth-order valence-electron chi connectivity index (χ4n) is 0.342. The Hall–Kier alpha value is -1.10. The molecule has 1 heterocycles. The van der Waals surface area contributed by atoms with Gasteiger partial charge < -0.3 is 12.6 Å². The van der Waals surface area contributed by atoms with E-state index in [1.54, 1.807) is 6.07 Å². The smallest absolute Gasteiger partial charge is 0.110 e. The van der Waals surface area contributed by atoms with Gasteiger partial charge in [-0.15, -0.1) is 11.3 Å². The lowest BCUT2D eigenvalue weighted by Gasteiger charge is -1.62. The molecule has 0 aliphatic carbocycles. The maximum Gasteiger partial charge on any atom is 0.110 e. The number of rotatable bonds is 0. The summed E-state index contributed by atoms with van der Waals surface area (Å²) in [6.45, 7) is 0. The Bertz CT molecular complexity index is 240. The highest BCUT2D eigenvalue weighted by Crippen LogP contribution is 2.04. The van der Waals surface area contributed by atoms with Crippen LogP contribution in [-0.2, 0) is 12.6 Å². The predicted molar refractivity (Wildman–Crippen MR) is 42.0 cm³/mol. The van der Waals surface area contributed by atoms with E-state index in [0.717, 1.165) is 4.88 Å². The normalized spacial score (nSPS) is 6.20. The third-order valence-corrected chi connectivity index (χ3v) is 1.41. The minimum absolute atomic E-state index is 0.778. The molecule has 2 nitrogen and oxygen atoms in total. The molecule has 1 rings (SSSR count). The zero-order chi connectivity index (χ0) is 7.82. The molecule has 0 atom stereocenters. The van der Waals surface area contributed by atoms with Crippen LogP contribution in [0.4, 0.5) is 0 Å². The van der Waals surface area contributed by atoms with E-state index < -0.39 is 0 Å². The minimum Gasteiger partial charge on any atom is -0.696 e. The van der Waals surface area contributed by atoms with Gasteiger partial charge in [0.2, 0.25) is 0 Å². The second-order valence-corrected chi connectivity index (χ2v) is 2.31. The van der Waals surface area contributed by atoms with Gasteiger partial charge in [0.15, 0.2) is 0 Å². The number of thiocyanates is 1. The fourth-order valence-corrected chi connectivity index (χ4v) is 0.856. The highest BCUT2D eigenvalue weighted by atomic mass is 32.1. The topological polar surface area (TPSA) is 47.6 Å². The summed E-state index contributed by atoms with van der Waals surface area (Å²) in [5.74, 6) is 0. The molecule has 0 fully saturated rings. The Morgan fingerprint density at radius 2 is 2.10 bits per heavy atom. The molecule has 0 radical (unpaired) electrons. The van der Waals surface area contributed by atoms with E-state index in [4.69, 9.17) is 10.5 Å². The van der Waals surface area contributed by atoms with Crippen LogP contribution in [0.15, 0.2) is 17.5 Å². The largest absolute Gasteiger partial charge is 0.696 e. The lowest BCUT2D eigenvalue weighted by Crippen LogP contribution is -1.50. The summed E-state index contributed by atoms with van der Waals surface area (Å²) < 4.78 is 0. The van der Waals surface area contributed by atoms with Crippen LogP contribution in [0.3, 0.4) is 0 Å². The van der Waals surface area contributed by atoms with E-state index in [9.17, 15) is 0 Å². The van der Waals surface area contributed by atoms with E-state index in [0.29, 0.717) is 0 Å². The van der Waals surface area contributed by atoms with Crippen LogP contribution >= 0.6 is 11.3 Å². The Kier molecular flexibility index (Phi) is 5.36. The number of hydrogen-bond donors (Lipinski definition) is 0. The highest BCUT2D eigenvalue weighted by Gasteiger charge is 1.82. The Morgan fingerprint density at radius 1 is 1.50 bits per heavy atom. The SMILES string of the molecule is N#C[S-].N#Cc1cccs1. The molecule has 1 aromatic heterocycles. The maximum atomic E-state index is 8.19. The molecule has 1 aromatic rings. The molecule has 0 aromatic carbocycles. The molecular formula is C6H3N2S2-. The molecule has 0 unspecified atom stereocenters. The van der Waals surface area contributed by atoms with Crippen molar-refractivity contribution in [2.75, 3.05) is 0 Å². The summed E-state index contributed by atoms with van der Waals surface area (Å²) in [4.78, 5) is 0.778. The van der Waals surface area contributed by atoms with E-state index >= 15 is 0 Å². The monoisotopic (exact) mass is 167 g/mol. The average Bonchev–Trinajstić information content (AvgIpc) is 2.39. The first-order valence-electron chi connectivity index (χ1n) is 2.30. The quantitative estimate of drug-likeness (QED) is 0.436. The van der Waals surface area contributed by atoms with Gasteiger partial charge in [0.05, 0.1) is 0 Å². The average molecular weight is 167 g/mol. The molecule has 10 heavy (non-hydrogen) atoms. The van der Waals surface area contributed by atoms with Crippen molar-refractivity contribution in [3.63, 3.8) is 0 Å². The first kappa shape index (κ1) is 8.90. The second-order valence-electron chi connectivity index (χ2n) is 1.18. The molecule has 4 heteroatoms. The van der Waals surface area contributed by atoms with E-state index in [2.05, 4.69) is 12.6 Å². The Labute approximate surface area is 68.7 Å². The first-order chi connectivity index (χ1) is 4.85. The van der Waals surface area contributed by atoms with Crippen molar-refractivity contribution in [2.24, 2.45) is 0 Å². The third kappa shape index (κ3) is 3.85. The van der Waals surface area contributed by atoms with Crippen LogP contribution in [-0.4, -0.2) is 0 Å². The predicted octanol–water partition coefficient (Wildman–Crippen LogP) is 1.63. The van der Waals surface area contributed by atoms with Gasteiger partial charge >= 0.3 is 0 Å². The van der Waals surface area contributed by atoms with Gasteiger partial charge in [-0.1, -0.05) is 11.5 Å². The molecular weight excluding hydrogens is 164 g/mol. The van der Waals surface area contributed by atoms with Crippen molar-refractivity contribution in [2.45, 2.75) is 0 Å². The van der Waals surface area contributed by atoms with Crippen LogP contribution in [0.5, 0.6) is 0 Å². The van der Waals surface area contributed by atoms with Gasteiger partial charge in [-0.05, 0) is 11.4 Å². The summed E-state index contributed by atoms with van der Waals surface area (Å²) in [6.07, 6.45) is 0. The summed E-state index contributed by atoms with van der Waals surface area (Å²) in [5, 5.41) is 18.5. The van der Waals surface area contributed by atoms with Gasteiger partial charge in [-0.25, -0.2) is 5.26 Å². The van der Waals surface area contributed by atoms with E-state index in [1.165, 1.54) is 16.7 Å². The standard InChI is InChI=1S/C5H3NS.CHNS/c6-4-5-2-1-3-7-5;2-1-3/h1-3H;3H/p-1. The molecule has 0 saturated heterocycles. The molecule has 0 spiro atoms. The van der Waals surface area contributed by atoms with Gasteiger partial charge in [-0.2, -0.15) is 5.26 Å². The van der Waals surface area contributed by atoms with Crippen LogP contribution < -0.4 is 0 Å². The highest BCUT2D eigenvalue weighted by molar-refractivity contribution is 7.64.